The van der Waals surface area contributed by atoms with Crippen molar-refractivity contribution >= 4 is 5.91 Å². The third-order valence-electron chi connectivity index (χ3n) is 1.42. The average Bonchev–Trinajstić information content (AvgIpc) is 2.01. The lowest BCUT2D eigenvalue weighted by Crippen LogP contribution is -2.45. The Labute approximate surface area is 73.9 Å². The molecular weight excluding hydrogens is 152 g/mol. The summed E-state index contributed by atoms with van der Waals surface area (Å²) in [6.45, 7) is 3.96. The van der Waals surface area contributed by atoms with Gasteiger partial charge in [-0.15, -0.1) is 12.3 Å². The second kappa shape index (κ2) is 5.62. The van der Waals surface area contributed by atoms with Crippen LogP contribution in [0.1, 0.15) is 20.3 Å². The monoisotopic (exact) mass is 168 g/mol. The minimum atomic E-state index is -0.264. The predicted molar refractivity (Wildman–Crippen MR) is 49.6 cm³/mol. The van der Waals surface area contributed by atoms with Gasteiger partial charge in [0.2, 0.25) is 5.91 Å². The Morgan fingerprint density at radius 1 is 1.58 bits per heavy atom. The second-order valence-electron chi connectivity index (χ2n) is 2.90. The van der Waals surface area contributed by atoms with E-state index in [0.29, 0.717) is 6.42 Å². The Morgan fingerprint density at radius 2 is 2.17 bits per heavy atom. The van der Waals surface area contributed by atoms with E-state index < -0.39 is 0 Å². The van der Waals surface area contributed by atoms with Crippen LogP contribution in [0.15, 0.2) is 0 Å². The summed E-state index contributed by atoms with van der Waals surface area (Å²) in [5.74, 6) is 2.41. The maximum absolute atomic E-state index is 11.2. The molecule has 0 rings (SSSR count). The molecule has 0 aromatic carbocycles. The second-order valence-corrected chi connectivity index (χ2v) is 2.90. The number of carbonyl (C=O) groups is 1. The van der Waals surface area contributed by atoms with Gasteiger partial charge in [0.05, 0.1) is 6.04 Å². The first-order chi connectivity index (χ1) is 5.61. The van der Waals surface area contributed by atoms with Crippen LogP contribution in [0.3, 0.4) is 0 Å². The van der Waals surface area contributed by atoms with Gasteiger partial charge in [-0.05, 0) is 0 Å². The lowest BCUT2D eigenvalue weighted by Gasteiger charge is -2.17. The normalized spacial score (nSPS) is 12.2. The summed E-state index contributed by atoms with van der Waals surface area (Å²) in [5, 5.41) is 5.64. The third kappa shape index (κ3) is 3.99. The van der Waals surface area contributed by atoms with Gasteiger partial charge in [0, 0.05) is 19.5 Å². The van der Waals surface area contributed by atoms with Crippen LogP contribution in [0.2, 0.25) is 0 Å². The standard InChI is InChI=1S/C9H16N2O/c1-5-6-8(9(12)10-4)11-7(2)3/h1,7-8,11H,6H2,2-4H3,(H,10,12)/t8-/m0/s1. The van der Waals surface area contributed by atoms with Gasteiger partial charge in [-0.1, -0.05) is 13.8 Å². The van der Waals surface area contributed by atoms with E-state index in [1.54, 1.807) is 7.05 Å². The van der Waals surface area contributed by atoms with Gasteiger partial charge in [-0.3, -0.25) is 4.79 Å². The van der Waals surface area contributed by atoms with E-state index in [0.717, 1.165) is 0 Å². The molecule has 12 heavy (non-hydrogen) atoms. The van der Waals surface area contributed by atoms with Gasteiger partial charge in [0.1, 0.15) is 0 Å². The number of hydrogen-bond donors (Lipinski definition) is 2. The van der Waals surface area contributed by atoms with Crippen LogP contribution < -0.4 is 10.6 Å². The molecule has 2 N–H and O–H groups in total. The molecule has 0 fully saturated rings. The molecule has 0 aromatic heterocycles. The zero-order valence-corrected chi connectivity index (χ0v) is 7.85. The van der Waals surface area contributed by atoms with Crippen LogP contribution in [0, 0.1) is 12.3 Å². The molecule has 0 spiro atoms. The third-order valence-corrected chi connectivity index (χ3v) is 1.42. The molecule has 3 nitrogen and oxygen atoms in total. The highest BCUT2D eigenvalue weighted by atomic mass is 16.2. The van der Waals surface area contributed by atoms with Crippen molar-refractivity contribution in [2.75, 3.05) is 7.05 Å². The fraction of sp³-hybridized carbons (Fsp3) is 0.667. The van der Waals surface area contributed by atoms with Crippen molar-refractivity contribution in [1.82, 2.24) is 10.6 Å². The molecule has 3 heteroatoms. The largest absolute Gasteiger partial charge is 0.358 e. The number of likely N-dealkylation sites (N-methyl/N-ethyl adjacent to an activating group) is 1. The summed E-state index contributed by atoms with van der Waals surface area (Å²) in [6, 6.07) is 0.000602. The summed E-state index contributed by atoms with van der Waals surface area (Å²) < 4.78 is 0. The summed E-state index contributed by atoms with van der Waals surface area (Å²) in [4.78, 5) is 11.2. The van der Waals surface area contributed by atoms with Crippen molar-refractivity contribution in [3.8, 4) is 12.3 Å². The van der Waals surface area contributed by atoms with Gasteiger partial charge in [-0.25, -0.2) is 0 Å². The van der Waals surface area contributed by atoms with Gasteiger partial charge in [-0.2, -0.15) is 0 Å². The number of terminal acetylenes is 1. The van der Waals surface area contributed by atoms with Gasteiger partial charge in [0.15, 0.2) is 0 Å². The van der Waals surface area contributed by atoms with Crippen molar-refractivity contribution in [2.24, 2.45) is 0 Å². The number of nitrogens with one attached hydrogen (secondary N) is 2. The minimum absolute atomic E-state index is 0.0540. The van der Waals surface area contributed by atoms with Crippen LogP contribution in [-0.2, 0) is 4.79 Å². The Bertz CT molecular complexity index is 181. The van der Waals surface area contributed by atoms with Crippen LogP contribution >= 0.6 is 0 Å². The lowest BCUT2D eigenvalue weighted by molar-refractivity contribution is -0.122. The Hall–Kier alpha value is -1.01. The SMILES string of the molecule is C#CC[C@H](NC(C)C)C(=O)NC. The first-order valence-corrected chi connectivity index (χ1v) is 4.03. The summed E-state index contributed by atoms with van der Waals surface area (Å²) in [7, 11) is 1.61. The van der Waals surface area contributed by atoms with E-state index >= 15 is 0 Å². The fourth-order valence-corrected chi connectivity index (χ4v) is 0.922. The van der Waals surface area contributed by atoms with Crippen molar-refractivity contribution < 1.29 is 4.79 Å². The van der Waals surface area contributed by atoms with Gasteiger partial charge in [0.25, 0.3) is 0 Å². The molecule has 0 aromatic rings. The molecule has 0 aliphatic carbocycles. The molecule has 0 aliphatic rings. The predicted octanol–water partition coefficient (Wildman–Crippen LogP) is 0.122. The van der Waals surface area contributed by atoms with E-state index in [9.17, 15) is 4.79 Å². The first-order valence-electron chi connectivity index (χ1n) is 4.03. The molecule has 68 valence electrons. The number of rotatable bonds is 4. The Morgan fingerprint density at radius 3 is 2.50 bits per heavy atom. The van der Waals surface area contributed by atoms with Crippen molar-refractivity contribution in [3.63, 3.8) is 0 Å². The molecular formula is C9H16N2O. The summed E-state index contributed by atoms with van der Waals surface area (Å²) >= 11 is 0. The fourth-order valence-electron chi connectivity index (χ4n) is 0.922. The minimum Gasteiger partial charge on any atom is -0.358 e. The van der Waals surface area contributed by atoms with Crippen molar-refractivity contribution in [3.05, 3.63) is 0 Å². The summed E-state index contributed by atoms with van der Waals surface area (Å²) in [6.07, 6.45) is 5.56. The van der Waals surface area contributed by atoms with Crippen molar-refractivity contribution in [1.29, 1.82) is 0 Å². The lowest BCUT2D eigenvalue weighted by atomic mass is 10.2. The van der Waals surface area contributed by atoms with Gasteiger partial charge >= 0.3 is 0 Å². The molecule has 0 saturated carbocycles. The van der Waals surface area contributed by atoms with E-state index in [2.05, 4.69) is 16.6 Å². The number of hydrogen-bond acceptors (Lipinski definition) is 2. The average molecular weight is 168 g/mol. The Balaban J connectivity index is 4.05. The van der Waals surface area contributed by atoms with E-state index in [1.165, 1.54) is 0 Å². The first kappa shape index (κ1) is 11.0. The molecule has 0 radical (unpaired) electrons. The Kier molecular flexibility index (Phi) is 5.14. The van der Waals surface area contributed by atoms with Crippen LogP contribution in [0.25, 0.3) is 0 Å². The van der Waals surface area contributed by atoms with Gasteiger partial charge < -0.3 is 10.6 Å². The molecule has 0 unspecified atom stereocenters. The highest BCUT2D eigenvalue weighted by Crippen LogP contribution is 1.92. The molecule has 0 bridgehead atoms. The number of carbonyl (C=O) groups excluding carboxylic acids is 1. The molecule has 1 amide bonds. The smallest absolute Gasteiger partial charge is 0.237 e. The van der Waals surface area contributed by atoms with Crippen LogP contribution in [0.5, 0.6) is 0 Å². The quantitative estimate of drug-likeness (QED) is 0.585. The molecule has 1 atom stereocenters. The zero-order valence-electron chi connectivity index (χ0n) is 7.85. The van der Waals surface area contributed by atoms with E-state index in [4.69, 9.17) is 6.42 Å². The maximum Gasteiger partial charge on any atom is 0.237 e. The topological polar surface area (TPSA) is 41.1 Å². The maximum atomic E-state index is 11.2. The molecule has 0 saturated heterocycles. The zero-order chi connectivity index (χ0) is 9.56. The summed E-state index contributed by atoms with van der Waals surface area (Å²) in [5.41, 5.74) is 0. The highest BCUT2D eigenvalue weighted by molar-refractivity contribution is 5.81. The van der Waals surface area contributed by atoms with Crippen LogP contribution in [-0.4, -0.2) is 25.0 Å². The van der Waals surface area contributed by atoms with Crippen molar-refractivity contribution in [2.45, 2.75) is 32.4 Å². The van der Waals surface area contributed by atoms with E-state index in [1.807, 2.05) is 13.8 Å². The highest BCUT2D eigenvalue weighted by Gasteiger charge is 2.15. The molecule has 0 aliphatic heterocycles. The number of amides is 1. The van der Waals surface area contributed by atoms with E-state index in [-0.39, 0.29) is 18.0 Å². The molecule has 0 heterocycles. The van der Waals surface area contributed by atoms with Crippen LogP contribution in [0.4, 0.5) is 0 Å².